The van der Waals surface area contributed by atoms with Crippen molar-refractivity contribution in [1.82, 2.24) is 19.7 Å². The Bertz CT molecular complexity index is 536. The summed E-state index contributed by atoms with van der Waals surface area (Å²) in [5, 5.41) is 8.84. The number of anilines is 1. The summed E-state index contributed by atoms with van der Waals surface area (Å²) in [6.45, 7) is 0.279. The van der Waals surface area contributed by atoms with Gasteiger partial charge in [-0.25, -0.2) is 9.78 Å². The molecule has 2 aromatic rings. The van der Waals surface area contributed by atoms with E-state index in [9.17, 15) is 4.79 Å². The van der Waals surface area contributed by atoms with Gasteiger partial charge in [-0.05, 0) is 0 Å². The van der Waals surface area contributed by atoms with Gasteiger partial charge in [-0.15, -0.1) is 10.2 Å². The largest absolute Gasteiger partial charge is 0.374 e. The van der Waals surface area contributed by atoms with Crippen LogP contribution < -0.4 is 11.4 Å². The second-order valence-electron chi connectivity index (χ2n) is 2.72. The van der Waals surface area contributed by atoms with Crippen LogP contribution in [0.4, 0.5) is 5.13 Å². The van der Waals surface area contributed by atoms with E-state index in [-0.39, 0.29) is 12.2 Å². The molecule has 0 amide bonds. The van der Waals surface area contributed by atoms with Crippen molar-refractivity contribution >= 4 is 28.1 Å². The van der Waals surface area contributed by atoms with Gasteiger partial charge in [-0.2, -0.15) is 0 Å². The average Bonchev–Trinajstić information content (AvgIpc) is 2.58. The van der Waals surface area contributed by atoms with Crippen molar-refractivity contribution < 1.29 is 0 Å². The Balaban J connectivity index is 2.31. The van der Waals surface area contributed by atoms with E-state index in [4.69, 9.17) is 17.3 Å². The van der Waals surface area contributed by atoms with Crippen molar-refractivity contribution in [3.63, 3.8) is 0 Å². The molecule has 2 heterocycles. The number of rotatable bonds is 2. The number of nitrogen functional groups attached to an aromatic ring is 1. The fourth-order valence-electron chi connectivity index (χ4n) is 1.02. The van der Waals surface area contributed by atoms with Crippen LogP contribution in [0.2, 0.25) is 5.02 Å². The minimum Gasteiger partial charge on any atom is -0.374 e. The molecule has 78 valence electrons. The van der Waals surface area contributed by atoms with Gasteiger partial charge in [-0.1, -0.05) is 22.9 Å². The summed E-state index contributed by atoms with van der Waals surface area (Å²) >= 11 is 6.93. The van der Waals surface area contributed by atoms with Crippen LogP contribution >= 0.6 is 22.9 Å². The summed E-state index contributed by atoms with van der Waals surface area (Å²) in [6, 6.07) is 0. The summed E-state index contributed by atoms with van der Waals surface area (Å²) in [5.74, 6) is 0. The molecule has 2 aromatic heterocycles. The number of nitrogens with zero attached hydrogens (tertiary/aromatic N) is 4. The van der Waals surface area contributed by atoms with Gasteiger partial charge in [0.2, 0.25) is 5.13 Å². The van der Waals surface area contributed by atoms with Crippen molar-refractivity contribution in [2.45, 2.75) is 6.54 Å². The Hall–Kier alpha value is -1.47. The highest BCUT2D eigenvalue weighted by atomic mass is 35.5. The molecule has 8 heteroatoms. The Labute approximate surface area is 93.4 Å². The number of hydrogen-bond donors (Lipinski definition) is 1. The molecule has 2 N–H and O–H groups in total. The topological polar surface area (TPSA) is 86.7 Å². The monoisotopic (exact) mass is 243 g/mol. The van der Waals surface area contributed by atoms with Gasteiger partial charge >= 0.3 is 5.69 Å². The molecule has 2 rings (SSSR count). The first-order chi connectivity index (χ1) is 7.15. The van der Waals surface area contributed by atoms with Gasteiger partial charge in [0.25, 0.3) is 0 Å². The third-order valence-electron chi connectivity index (χ3n) is 1.61. The zero-order chi connectivity index (χ0) is 10.8. The molecular formula is C7H6ClN5OS. The first-order valence-electron chi connectivity index (χ1n) is 3.95. The van der Waals surface area contributed by atoms with Crippen LogP contribution in [-0.2, 0) is 6.54 Å². The lowest BCUT2D eigenvalue weighted by molar-refractivity contribution is 0.715. The van der Waals surface area contributed by atoms with E-state index in [0.717, 1.165) is 0 Å². The molecule has 0 aromatic carbocycles. The summed E-state index contributed by atoms with van der Waals surface area (Å²) in [6.07, 6.45) is 2.79. The molecule has 0 aliphatic carbocycles. The summed E-state index contributed by atoms with van der Waals surface area (Å²) in [7, 11) is 0. The molecule has 0 aliphatic heterocycles. The van der Waals surface area contributed by atoms with Gasteiger partial charge in [0.1, 0.15) is 5.01 Å². The lowest BCUT2D eigenvalue weighted by atomic mass is 10.6. The predicted molar refractivity (Wildman–Crippen MR) is 56.9 cm³/mol. The lowest BCUT2D eigenvalue weighted by Crippen LogP contribution is -2.22. The van der Waals surface area contributed by atoms with Crippen molar-refractivity contribution in [1.29, 1.82) is 0 Å². The first-order valence-corrected chi connectivity index (χ1v) is 5.14. The van der Waals surface area contributed by atoms with E-state index >= 15 is 0 Å². The fourth-order valence-corrected chi connectivity index (χ4v) is 1.79. The molecule has 0 spiro atoms. The van der Waals surface area contributed by atoms with Gasteiger partial charge in [0.05, 0.1) is 17.8 Å². The maximum atomic E-state index is 11.3. The zero-order valence-corrected chi connectivity index (χ0v) is 8.99. The van der Waals surface area contributed by atoms with Gasteiger partial charge < -0.3 is 5.73 Å². The second-order valence-corrected chi connectivity index (χ2v) is 4.25. The molecular weight excluding hydrogens is 238 g/mol. The molecule has 0 bridgehead atoms. The third kappa shape index (κ3) is 2.31. The van der Waals surface area contributed by atoms with E-state index in [1.807, 2.05) is 0 Å². The van der Waals surface area contributed by atoms with Gasteiger partial charge in [0, 0.05) is 6.20 Å². The van der Waals surface area contributed by atoms with Crippen molar-refractivity contribution in [2.24, 2.45) is 0 Å². The number of halogens is 1. The molecule has 0 atom stereocenters. The maximum Gasteiger partial charge on any atom is 0.347 e. The first kappa shape index (κ1) is 10.1. The van der Waals surface area contributed by atoms with E-state index in [2.05, 4.69) is 15.2 Å². The Morgan fingerprint density at radius 2 is 2.33 bits per heavy atom. The number of aromatic nitrogens is 4. The summed E-state index contributed by atoms with van der Waals surface area (Å²) in [5.41, 5.74) is 5.03. The molecule has 0 saturated carbocycles. The second kappa shape index (κ2) is 3.95. The maximum absolute atomic E-state index is 11.3. The van der Waals surface area contributed by atoms with Crippen LogP contribution in [0.1, 0.15) is 5.01 Å². The van der Waals surface area contributed by atoms with E-state index in [1.54, 1.807) is 0 Å². The normalized spacial score (nSPS) is 10.5. The summed E-state index contributed by atoms with van der Waals surface area (Å²) in [4.78, 5) is 14.9. The Morgan fingerprint density at radius 1 is 1.53 bits per heavy atom. The van der Waals surface area contributed by atoms with Crippen LogP contribution in [-0.4, -0.2) is 19.7 Å². The highest BCUT2D eigenvalue weighted by Gasteiger charge is 2.04. The van der Waals surface area contributed by atoms with Crippen LogP contribution in [0.15, 0.2) is 17.2 Å². The Kier molecular flexibility index (Phi) is 2.65. The lowest BCUT2D eigenvalue weighted by Gasteiger charge is -2.00. The highest BCUT2D eigenvalue weighted by molar-refractivity contribution is 7.15. The smallest absolute Gasteiger partial charge is 0.347 e. The quantitative estimate of drug-likeness (QED) is 0.824. The van der Waals surface area contributed by atoms with Gasteiger partial charge in [0.15, 0.2) is 0 Å². The molecule has 0 radical (unpaired) electrons. The number of nitrogens with two attached hydrogens (primary N) is 1. The van der Waals surface area contributed by atoms with Crippen molar-refractivity contribution in [3.8, 4) is 0 Å². The number of hydrogen-bond acceptors (Lipinski definition) is 6. The average molecular weight is 244 g/mol. The van der Waals surface area contributed by atoms with E-state index in [0.29, 0.717) is 15.2 Å². The SMILES string of the molecule is Nc1nnc(Cn2cc(Cl)cnc2=O)s1. The van der Waals surface area contributed by atoms with Crippen LogP contribution in [0, 0.1) is 0 Å². The van der Waals surface area contributed by atoms with Crippen LogP contribution in [0.25, 0.3) is 0 Å². The molecule has 6 nitrogen and oxygen atoms in total. The highest BCUT2D eigenvalue weighted by Crippen LogP contribution is 2.12. The zero-order valence-electron chi connectivity index (χ0n) is 7.42. The van der Waals surface area contributed by atoms with Crippen LogP contribution in [0.5, 0.6) is 0 Å². The third-order valence-corrected chi connectivity index (χ3v) is 2.54. The molecule has 0 aliphatic rings. The van der Waals surface area contributed by atoms with Crippen molar-refractivity contribution in [2.75, 3.05) is 5.73 Å². The minimum absolute atomic E-state index is 0.279. The van der Waals surface area contributed by atoms with E-state index < -0.39 is 0 Å². The van der Waals surface area contributed by atoms with Gasteiger partial charge in [-0.3, -0.25) is 4.57 Å². The molecule has 0 fully saturated rings. The Morgan fingerprint density at radius 3 is 3.00 bits per heavy atom. The summed E-state index contributed by atoms with van der Waals surface area (Å²) < 4.78 is 1.35. The van der Waals surface area contributed by atoms with E-state index in [1.165, 1.54) is 28.3 Å². The fraction of sp³-hybridized carbons (Fsp3) is 0.143. The molecule has 0 unspecified atom stereocenters. The minimum atomic E-state index is -0.381. The standard InChI is InChI=1S/C7H6ClN5OS/c8-4-1-10-7(14)13(2-4)3-5-11-12-6(9)15-5/h1-2H,3H2,(H2,9,12). The molecule has 15 heavy (non-hydrogen) atoms. The molecule has 0 saturated heterocycles. The van der Waals surface area contributed by atoms with Crippen LogP contribution in [0.3, 0.4) is 0 Å². The predicted octanol–water partition coefficient (Wildman–Crippen LogP) is 0.379. The van der Waals surface area contributed by atoms with Crippen molar-refractivity contribution in [3.05, 3.63) is 32.9 Å².